The summed E-state index contributed by atoms with van der Waals surface area (Å²) < 4.78 is 35.1. The average molecular weight is 539 g/mol. The minimum atomic E-state index is -4.45. The second kappa shape index (κ2) is 20.5. The summed E-state index contributed by atoms with van der Waals surface area (Å²) in [4.78, 5) is -0.108. The number of hydrogen-bond donors (Lipinski definition) is 0. The van der Waals surface area contributed by atoms with E-state index in [2.05, 4.69) is 26.0 Å². The molecular formula is C32H51NaO3S. The molecule has 204 valence electrons. The smallest absolute Gasteiger partial charge is 0.744 e. The van der Waals surface area contributed by atoms with Crippen molar-refractivity contribution in [3.63, 3.8) is 0 Å². The van der Waals surface area contributed by atoms with Crippen LogP contribution in [-0.4, -0.2) is 13.0 Å². The van der Waals surface area contributed by atoms with Crippen molar-refractivity contribution in [1.82, 2.24) is 0 Å². The molecule has 2 aromatic rings. The second-order valence-electron chi connectivity index (χ2n) is 10.7. The summed E-state index contributed by atoms with van der Waals surface area (Å²) in [6.45, 7) is 4.52. The molecule has 0 spiro atoms. The molecule has 0 bridgehead atoms. The van der Waals surface area contributed by atoms with Crippen molar-refractivity contribution < 1.29 is 42.5 Å². The summed E-state index contributed by atoms with van der Waals surface area (Å²) in [5.41, 5.74) is 2.60. The van der Waals surface area contributed by atoms with Gasteiger partial charge in [-0.15, -0.1) is 0 Å². The Hall–Kier alpha value is -0.390. The first-order chi connectivity index (χ1) is 17.5. The Morgan fingerprint density at radius 1 is 0.595 bits per heavy atom. The fraction of sp³-hybridized carbons (Fsp3) is 0.688. The Balaban J connectivity index is 0.00000684. The third-order valence-electron chi connectivity index (χ3n) is 7.57. The van der Waals surface area contributed by atoms with Gasteiger partial charge in [-0.1, -0.05) is 135 Å². The van der Waals surface area contributed by atoms with Crippen LogP contribution in [0.15, 0.2) is 35.2 Å². The number of benzene rings is 2. The maximum absolute atomic E-state index is 11.7. The van der Waals surface area contributed by atoms with E-state index in [0.29, 0.717) is 0 Å². The molecule has 0 aromatic heterocycles. The van der Waals surface area contributed by atoms with Gasteiger partial charge in [-0.3, -0.25) is 0 Å². The van der Waals surface area contributed by atoms with Crippen LogP contribution in [0.2, 0.25) is 0 Å². The molecule has 0 heterocycles. The molecule has 0 saturated heterocycles. The van der Waals surface area contributed by atoms with E-state index in [4.69, 9.17) is 0 Å². The topological polar surface area (TPSA) is 57.2 Å². The maximum atomic E-state index is 11.7. The first-order valence-electron chi connectivity index (χ1n) is 15.0. The summed E-state index contributed by atoms with van der Waals surface area (Å²) in [6, 6.07) is 9.21. The van der Waals surface area contributed by atoms with Crippen LogP contribution in [0, 0.1) is 0 Å². The standard InChI is InChI=1S/C32H52O3S.Na/c1-3-5-7-9-11-13-15-17-19-21-28-23-24-29-25-26-30(36(33,34)35)27-32(29)31(28)22-20-18-16-14-12-10-8-6-4-2;/h23-27H,3-22H2,1-2H3,(H,33,34,35);/q;+1/p-1. The molecule has 0 N–H and O–H groups in total. The normalized spacial score (nSPS) is 11.6. The molecule has 0 amide bonds. The Morgan fingerprint density at radius 3 is 1.51 bits per heavy atom. The van der Waals surface area contributed by atoms with Crippen LogP contribution >= 0.6 is 0 Å². The van der Waals surface area contributed by atoms with E-state index in [1.54, 1.807) is 12.1 Å². The molecule has 3 nitrogen and oxygen atoms in total. The Labute approximate surface area is 250 Å². The predicted molar refractivity (Wildman–Crippen MR) is 154 cm³/mol. The van der Waals surface area contributed by atoms with Gasteiger partial charge in [0, 0.05) is 0 Å². The summed E-state index contributed by atoms with van der Waals surface area (Å²) >= 11 is 0. The monoisotopic (exact) mass is 538 g/mol. The van der Waals surface area contributed by atoms with Gasteiger partial charge >= 0.3 is 29.6 Å². The van der Waals surface area contributed by atoms with Gasteiger partial charge in [-0.25, -0.2) is 8.42 Å². The molecule has 0 radical (unpaired) electrons. The second-order valence-corrected chi connectivity index (χ2v) is 12.1. The SMILES string of the molecule is CCCCCCCCCCCc1ccc2ccc(S(=O)(=O)[O-])cc2c1CCCCCCCCCCC.[Na+]. The average Bonchev–Trinajstić information content (AvgIpc) is 2.86. The molecule has 2 rings (SSSR count). The number of rotatable bonds is 21. The first kappa shape index (κ1) is 34.6. The molecule has 0 saturated carbocycles. The van der Waals surface area contributed by atoms with Gasteiger partial charge in [-0.2, -0.15) is 0 Å². The largest absolute Gasteiger partial charge is 1.00 e. The van der Waals surface area contributed by atoms with Gasteiger partial charge < -0.3 is 4.55 Å². The van der Waals surface area contributed by atoms with Crippen molar-refractivity contribution in [1.29, 1.82) is 0 Å². The van der Waals surface area contributed by atoms with Gasteiger partial charge in [0.05, 0.1) is 4.90 Å². The molecule has 5 heteroatoms. The molecule has 0 aliphatic heterocycles. The van der Waals surface area contributed by atoms with Gasteiger partial charge in [0.15, 0.2) is 0 Å². The van der Waals surface area contributed by atoms with E-state index >= 15 is 0 Å². The predicted octanol–water partition coefficient (Wildman–Crippen LogP) is 6.89. The van der Waals surface area contributed by atoms with E-state index in [1.807, 2.05) is 0 Å². The van der Waals surface area contributed by atoms with E-state index in [9.17, 15) is 13.0 Å². The number of unbranched alkanes of at least 4 members (excludes halogenated alkanes) is 16. The van der Waals surface area contributed by atoms with Gasteiger partial charge in [0.25, 0.3) is 0 Å². The van der Waals surface area contributed by atoms with Crippen LogP contribution in [0.4, 0.5) is 0 Å². The fourth-order valence-electron chi connectivity index (χ4n) is 5.33. The minimum absolute atomic E-state index is 0. The minimum Gasteiger partial charge on any atom is -0.744 e. The Kier molecular flexibility index (Phi) is 19.2. The Bertz CT molecular complexity index is 971. The molecule has 0 unspecified atom stereocenters. The molecule has 0 atom stereocenters. The quantitative estimate of drug-likeness (QED) is 0.0987. The summed E-state index contributed by atoms with van der Waals surface area (Å²) in [7, 11) is -4.45. The zero-order chi connectivity index (χ0) is 26.1. The van der Waals surface area contributed by atoms with Crippen LogP contribution in [-0.2, 0) is 23.0 Å². The molecule has 37 heavy (non-hydrogen) atoms. The molecule has 0 aliphatic carbocycles. The number of hydrogen-bond acceptors (Lipinski definition) is 3. The van der Waals surface area contributed by atoms with Crippen LogP contribution in [0.5, 0.6) is 0 Å². The van der Waals surface area contributed by atoms with Crippen molar-refractivity contribution in [3.05, 3.63) is 41.5 Å². The fourth-order valence-corrected chi connectivity index (χ4v) is 5.83. The van der Waals surface area contributed by atoms with Crippen molar-refractivity contribution >= 4 is 20.9 Å². The van der Waals surface area contributed by atoms with Crippen molar-refractivity contribution in [2.24, 2.45) is 0 Å². The first-order valence-corrected chi connectivity index (χ1v) is 16.4. The molecule has 0 aliphatic rings. The van der Waals surface area contributed by atoms with Crippen LogP contribution in [0.25, 0.3) is 10.8 Å². The zero-order valence-corrected chi connectivity index (χ0v) is 27.0. The summed E-state index contributed by atoms with van der Waals surface area (Å²) in [5.74, 6) is 0. The summed E-state index contributed by atoms with van der Waals surface area (Å²) in [6.07, 6.45) is 25.4. The van der Waals surface area contributed by atoms with E-state index in [0.717, 1.165) is 30.0 Å². The van der Waals surface area contributed by atoms with E-state index in [1.165, 1.54) is 126 Å². The molecule has 2 aromatic carbocycles. The van der Waals surface area contributed by atoms with Crippen molar-refractivity contribution in [3.8, 4) is 0 Å². The van der Waals surface area contributed by atoms with E-state index in [-0.39, 0.29) is 34.5 Å². The van der Waals surface area contributed by atoms with E-state index < -0.39 is 10.1 Å². The van der Waals surface area contributed by atoms with Crippen molar-refractivity contribution in [2.75, 3.05) is 0 Å². The van der Waals surface area contributed by atoms with Crippen LogP contribution in [0.1, 0.15) is 141 Å². The molecule has 0 fully saturated rings. The van der Waals surface area contributed by atoms with Crippen LogP contribution in [0.3, 0.4) is 0 Å². The third-order valence-corrected chi connectivity index (χ3v) is 8.40. The van der Waals surface area contributed by atoms with Crippen molar-refractivity contribution in [2.45, 2.75) is 147 Å². The third kappa shape index (κ3) is 14.0. The number of fused-ring (bicyclic) bond motifs is 1. The van der Waals surface area contributed by atoms with Gasteiger partial charge in [-0.05, 0) is 59.7 Å². The Morgan fingerprint density at radius 2 is 1.03 bits per heavy atom. The summed E-state index contributed by atoms with van der Waals surface area (Å²) in [5, 5.41) is 1.99. The number of aryl methyl sites for hydroxylation is 2. The van der Waals surface area contributed by atoms with Gasteiger partial charge in [0.2, 0.25) is 0 Å². The zero-order valence-electron chi connectivity index (χ0n) is 24.2. The van der Waals surface area contributed by atoms with Gasteiger partial charge in [0.1, 0.15) is 10.1 Å². The van der Waals surface area contributed by atoms with Crippen LogP contribution < -0.4 is 29.6 Å². The molecular weight excluding hydrogens is 487 g/mol. The maximum Gasteiger partial charge on any atom is 1.00 e.